The molecule has 1 aliphatic heterocycles. The van der Waals surface area contributed by atoms with E-state index in [0.717, 1.165) is 23.4 Å². The minimum atomic E-state index is -3.73. The third-order valence-electron chi connectivity index (χ3n) is 6.46. The topological polar surface area (TPSA) is 76.7 Å². The number of anilines is 2. The van der Waals surface area contributed by atoms with E-state index in [2.05, 4.69) is 34.3 Å². The fourth-order valence-corrected chi connectivity index (χ4v) is 5.85. The van der Waals surface area contributed by atoms with Gasteiger partial charge in [0.2, 0.25) is 0 Å². The molecule has 2 aliphatic rings. The Hall–Kier alpha value is -3.45. The van der Waals surface area contributed by atoms with Crippen molar-refractivity contribution in [2.75, 3.05) is 24.3 Å². The predicted molar refractivity (Wildman–Crippen MR) is 130 cm³/mol. The summed E-state index contributed by atoms with van der Waals surface area (Å²) in [4.78, 5) is 0.251. The highest BCUT2D eigenvalue weighted by Gasteiger charge is 2.38. The number of nitrogens with one attached hydrogen (secondary N) is 2. The summed E-state index contributed by atoms with van der Waals surface area (Å²) in [5.41, 5.74) is 3.66. The van der Waals surface area contributed by atoms with Gasteiger partial charge in [-0.2, -0.15) is 0 Å². The lowest BCUT2D eigenvalue weighted by Gasteiger charge is -2.37. The van der Waals surface area contributed by atoms with Crippen molar-refractivity contribution in [3.8, 4) is 11.5 Å². The van der Waals surface area contributed by atoms with Crippen LogP contribution in [0, 0.1) is 5.92 Å². The summed E-state index contributed by atoms with van der Waals surface area (Å²) in [6, 6.07) is 20.4. The van der Waals surface area contributed by atoms with E-state index in [1.807, 2.05) is 18.2 Å². The average Bonchev–Trinajstić information content (AvgIpc) is 3.34. The molecule has 3 atom stereocenters. The SMILES string of the molecule is COc1ccc(NS(=O)(=O)c2ccc3c(c2)C2C=CCC2C(c2ccc(OC)cc2)N3)cc1. The van der Waals surface area contributed by atoms with Crippen molar-refractivity contribution < 1.29 is 17.9 Å². The Morgan fingerprint density at radius 1 is 0.909 bits per heavy atom. The smallest absolute Gasteiger partial charge is 0.261 e. The van der Waals surface area contributed by atoms with Crippen molar-refractivity contribution in [2.45, 2.75) is 23.3 Å². The molecule has 0 aromatic heterocycles. The highest BCUT2D eigenvalue weighted by Crippen LogP contribution is 2.50. The maximum atomic E-state index is 13.1. The summed E-state index contributed by atoms with van der Waals surface area (Å²) in [6.45, 7) is 0. The van der Waals surface area contributed by atoms with Crippen molar-refractivity contribution in [3.63, 3.8) is 0 Å². The van der Waals surface area contributed by atoms with Crippen LogP contribution in [-0.4, -0.2) is 22.6 Å². The molecule has 3 unspecified atom stereocenters. The standard InChI is InChI=1S/C26H26N2O4S/c1-31-19-10-6-17(7-11-19)26-23-5-3-4-22(23)24-16-21(14-15-25(24)27-26)33(29,30)28-18-8-12-20(32-2)13-9-18/h3-4,6-16,22-23,26-28H,5H2,1-2H3. The van der Waals surface area contributed by atoms with Gasteiger partial charge in [0.1, 0.15) is 11.5 Å². The molecule has 0 fully saturated rings. The Bertz CT molecular complexity index is 1280. The summed E-state index contributed by atoms with van der Waals surface area (Å²) in [6.07, 6.45) is 5.34. The van der Waals surface area contributed by atoms with Crippen molar-refractivity contribution in [3.05, 3.63) is 90.0 Å². The van der Waals surface area contributed by atoms with Crippen LogP contribution in [0.15, 0.2) is 83.8 Å². The molecule has 5 rings (SSSR count). The van der Waals surface area contributed by atoms with Crippen molar-refractivity contribution in [2.24, 2.45) is 5.92 Å². The summed E-state index contributed by atoms with van der Waals surface area (Å²) in [5.74, 6) is 1.97. The molecule has 0 saturated heterocycles. The van der Waals surface area contributed by atoms with Crippen molar-refractivity contribution in [1.82, 2.24) is 0 Å². The largest absolute Gasteiger partial charge is 0.497 e. The minimum Gasteiger partial charge on any atom is -0.497 e. The molecule has 0 amide bonds. The van der Waals surface area contributed by atoms with Gasteiger partial charge in [-0.15, -0.1) is 0 Å². The zero-order valence-electron chi connectivity index (χ0n) is 18.5. The number of fused-ring (bicyclic) bond motifs is 3. The van der Waals surface area contributed by atoms with E-state index in [0.29, 0.717) is 17.4 Å². The van der Waals surface area contributed by atoms with Crippen LogP contribution in [0.1, 0.15) is 29.5 Å². The van der Waals surface area contributed by atoms with E-state index in [-0.39, 0.29) is 16.9 Å². The first-order valence-electron chi connectivity index (χ1n) is 10.9. The van der Waals surface area contributed by atoms with Crippen LogP contribution in [0.3, 0.4) is 0 Å². The van der Waals surface area contributed by atoms with E-state index in [1.54, 1.807) is 50.6 Å². The molecule has 3 aromatic carbocycles. The Kier molecular flexibility index (Phi) is 5.50. The molecule has 33 heavy (non-hydrogen) atoms. The number of sulfonamides is 1. The van der Waals surface area contributed by atoms with Crippen LogP contribution in [0.2, 0.25) is 0 Å². The van der Waals surface area contributed by atoms with Gasteiger partial charge in [-0.05, 0) is 78.1 Å². The van der Waals surface area contributed by atoms with Crippen molar-refractivity contribution in [1.29, 1.82) is 0 Å². The van der Waals surface area contributed by atoms with E-state index in [1.165, 1.54) is 5.56 Å². The van der Waals surface area contributed by atoms with Crippen LogP contribution in [0.25, 0.3) is 0 Å². The number of hydrogen-bond acceptors (Lipinski definition) is 5. The van der Waals surface area contributed by atoms with Crippen LogP contribution >= 0.6 is 0 Å². The lowest BCUT2D eigenvalue weighted by molar-refractivity contribution is 0.411. The monoisotopic (exact) mass is 462 g/mol. The number of ether oxygens (including phenoxy) is 2. The van der Waals surface area contributed by atoms with Gasteiger partial charge in [0.15, 0.2) is 0 Å². The first kappa shape index (κ1) is 21.4. The summed E-state index contributed by atoms with van der Waals surface area (Å²) in [7, 11) is -0.489. The number of benzene rings is 3. The second-order valence-electron chi connectivity index (χ2n) is 8.33. The Morgan fingerprint density at radius 3 is 2.24 bits per heavy atom. The summed E-state index contributed by atoms with van der Waals surface area (Å²) in [5, 5.41) is 3.65. The summed E-state index contributed by atoms with van der Waals surface area (Å²) >= 11 is 0. The second-order valence-corrected chi connectivity index (χ2v) is 10.0. The molecule has 7 heteroatoms. The van der Waals surface area contributed by atoms with Gasteiger partial charge in [0.25, 0.3) is 10.0 Å². The Morgan fingerprint density at radius 2 is 1.58 bits per heavy atom. The average molecular weight is 463 g/mol. The predicted octanol–water partition coefficient (Wildman–Crippen LogP) is 5.33. The minimum absolute atomic E-state index is 0.142. The number of methoxy groups -OCH3 is 2. The zero-order valence-corrected chi connectivity index (χ0v) is 19.3. The number of allylic oxidation sites excluding steroid dienone is 2. The van der Waals surface area contributed by atoms with Gasteiger partial charge < -0.3 is 14.8 Å². The lowest BCUT2D eigenvalue weighted by Crippen LogP contribution is -2.29. The lowest BCUT2D eigenvalue weighted by atomic mass is 9.77. The molecule has 0 spiro atoms. The normalized spacial score (nSPS) is 21.0. The van der Waals surface area contributed by atoms with Crippen LogP contribution in [0.5, 0.6) is 11.5 Å². The molecule has 170 valence electrons. The third-order valence-corrected chi connectivity index (χ3v) is 7.84. The molecule has 0 saturated carbocycles. The number of rotatable bonds is 6. The fourth-order valence-electron chi connectivity index (χ4n) is 4.75. The highest BCUT2D eigenvalue weighted by atomic mass is 32.2. The van der Waals surface area contributed by atoms with Gasteiger partial charge in [-0.3, -0.25) is 4.72 Å². The van der Waals surface area contributed by atoms with Gasteiger partial charge in [-0.1, -0.05) is 24.3 Å². The second kappa shape index (κ2) is 8.48. The Labute approximate surface area is 194 Å². The number of hydrogen-bond donors (Lipinski definition) is 2. The van der Waals surface area contributed by atoms with Gasteiger partial charge in [0, 0.05) is 17.3 Å². The first-order chi connectivity index (χ1) is 16.0. The summed E-state index contributed by atoms with van der Waals surface area (Å²) < 4.78 is 39.3. The Balaban J connectivity index is 1.44. The molecular weight excluding hydrogens is 436 g/mol. The van der Waals surface area contributed by atoms with E-state index in [9.17, 15) is 8.42 Å². The maximum absolute atomic E-state index is 13.1. The van der Waals surface area contributed by atoms with Crippen molar-refractivity contribution >= 4 is 21.4 Å². The quantitative estimate of drug-likeness (QED) is 0.484. The van der Waals surface area contributed by atoms with Gasteiger partial charge in [-0.25, -0.2) is 8.42 Å². The van der Waals surface area contributed by atoms with E-state index in [4.69, 9.17) is 9.47 Å². The molecule has 1 heterocycles. The van der Waals surface area contributed by atoms with E-state index >= 15 is 0 Å². The third kappa shape index (κ3) is 4.04. The van der Waals surface area contributed by atoms with Crippen LogP contribution < -0.4 is 19.5 Å². The van der Waals surface area contributed by atoms with E-state index < -0.39 is 10.0 Å². The molecule has 6 nitrogen and oxygen atoms in total. The molecule has 3 aromatic rings. The first-order valence-corrected chi connectivity index (χ1v) is 12.3. The molecule has 0 bridgehead atoms. The van der Waals surface area contributed by atoms with Gasteiger partial charge in [0.05, 0.1) is 25.2 Å². The maximum Gasteiger partial charge on any atom is 0.261 e. The van der Waals surface area contributed by atoms with Crippen LogP contribution in [-0.2, 0) is 10.0 Å². The highest BCUT2D eigenvalue weighted by molar-refractivity contribution is 7.92. The van der Waals surface area contributed by atoms with Gasteiger partial charge >= 0.3 is 0 Å². The zero-order chi connectivity index (χ0) is 23.0. The fraction of sp³-hybridized carbons (Fsp3) is 0.231. The molecule has 2 N–H and O–H groups in total. The van der Waals surface area contributed by atoms with Crippen LogP contribution in [0.4, 0.5) is 11.4 Å². The molecule has 1 aliphatic carbocycles. The molecule has 0 radical (unpaired) electrons. The molecular formula is C26H26N2O4S.